The molecule has 21 heavy (non-hydrogen) atoms. The van der Waals surface area contributed by atoms with Gasteiger partial charge in [-0.05, 0) is 27.7 Å². The first-order chi connectivity index (χ1) is 9.72. The lowest BCUT2D eigenvalue weighted by atomic mass is 10.1. The molecule has 0 unspecified atom stereocenters. The summed E-state index contributed by atoms with van der Waals surface area (Å²) in [7, 11) is 0. The van der Waals surface area contributed by atoms with Crippen molar-refractivity contribution in [3.8, 4) is 0 Å². The van der Waals surface area contributed by atoms with Crippen molar-refractivity contribution in [2.24, 2.45) is 0 Å². The second kappa shape index (κ2) is 5.19. The standard InChI is InChI=1S/C13H17N3O5/c1-7-9(8(2)21-15-7)6-20-10(17)5-16-11(18)13(3,4)14-12(16)19/h5-6H2,1-4H3,(H,14,19). The zero-order valence-electron chi connectivity index (χ0n) is 12.3. The lowest BCUT2D eigenvalue weighted by Crippen LogP contribution is -2.41. The number of nitrogens with zero attached hydrogens (tertiary/aromatic N) is 2. The van der Waals surface area contributed by atoms with Crippen molar-refractivity contribution in [2.75, 3.05) is 6.54 Å². The maximum atomic E-state index is 11.9. The first-order valence-electron chi connectivity index (χ1n) is 6.44. The Hall–Kier alpha value is -2.38. The third-order valence-corrected chi connectivity index (χ3v) is 3.29. The summed E-state index contributed by atoms with van der Waals surface area (Å²) in [5, 5.41) is 6.24. The van der Waals surface area contributed by atoms with E-state index in [0.29, 0.717) is 17.0 Å². The molecule has 0 atom stereocenters. The molecule has 1 saturated heterocycles. The van der Waals surface area contributed by atoms with Crippen LogP contribution in [0.25, 0.3) is 0 Å². The monoisotopic (exact) mass is 295 g/mol. The largest absolute Gasteiger partial charge is 0.459 e. The molecular formula is C13H17N3O5. The molecule has 114 valence electrons. The molecule has 0 aromatic carbocycles. The fourth-order valence-corrected chi connectivity index (χ4v) is 2.00. The lowest BCUT2D eigenvalue weighted by molar-refractivity contribution is -0.148. The van der Waals surface area contributed by atoms with E-state index in [2.05, 4.69) is 10.5 Å². The quantitative estimate of drug-likeness (QED) is 0.647. The highest BCUT2D eigenvalue weighted by atomic mass is 16.5. The summed E-state index contributed by atoms with van der Waals surface area (Å²) in [6.45, 7) is 6.16. The number of hydrogen-bond acceptors (Lipinski definition) is 6. The van der Waals surface area contributed by atoms with Gasteiger partial charge in [-0.1, -0.05) is 5.16 Å². The maximum absolute atomic E-state index is 11.9. The van der Waals surface area contributed by atoms with Gasteiger partial charge in [0, 0.05) is 0 Å². The molecule has 1 aromatic heterocycles. The minimum atomic E-state index is -1.00. The highest BCUT2D eigenvalue weighted by Crippen LogP contribution is 2.17. The lowest BCUT2D eigenvalue weighted by Gasteiger charge is -2.15. The predicted octanol–water partition coefficient (Wildman–Crippen LogP) is 0.665. The first-order valence-corrected chi connectivity index (χ1v) is 6.44. The zero-order valence-corrected chi connectivity index (χ0v) is 12.3. The Morgan fingerprint density at radius 3 is 2.52 bits per heavy atom. The summed E-state index contributed by atoms with van der Waals surface area (Å²) in [6, 6.07) is -0.598. The van der Waals surface area contributed by atoms with Gasteiger partial charge in [0.15, 0.2) is 0 Å². The third-order valence-electron chi connectivity index (χ3n) is 3.29. The smallest absolute Gasteiger partial charge is 0.326 e. The van der Waals surface area contributed by atoms with Gasteiger partial charge in [0.05, 0.1) is 11.3 Å². The molecule has 0 bridgehead atoms. The Morgan fingerprint density at radius 1 is 1.38 bits per heavy atom. The van der Waals surface area contributed by atoms with Crippen LogP contribution < -0.4 is 5.32 Å². The topological polar surface area (TPSA) is 102 Å². The molecule has 1 aliphatic rings. The van der Waals surface area contributed by atoms with Crippen molar-refractivity contribution >= 4 is 17.9 Å². The van der Waals surface area contributed by atoms with Crippen molar-refractivity contribution < 1.29 is 23.6 Å². The highest BCUT2D eigenvalue weighted by molar-refractivity contribution is 6.08. The van der Waals surface area contributed by atoms with Crippen LogP contribution in [0.2, 0.25) is 0 Å². The van der Waals surface area contributed by atoms with Gasteiger partial charge in [0.25, 0.3) is 5.91 Å². The van der Waals surface area contributed by atoms with E-state index in [-0.39, 0.29) is 6.61 Å². The van der Waals surface area contributed by atoms with E-state index in [1.54, 1.807) is 27.7 Å². The molecule has 0 radical (unpaired) electrons. The molecule has 1 aliphatic heterocycles. The van der Waals surface area contributed by atoms with Crippen LogP contribution >= 0.6 is 0 Å². The van der Waals surface area contributed by atoms with Crippen LogP contribution in [0.15, 0.2) is 4.52 Å². The molecule has 0 spiro atoms. The molecule has 8 heteroatoms. The molecule has 1 aromatic rings. The molecule has 2 rings (SSSR count). The summed E-state index contributed by atoms with van der Waals surface area (Å²) in [6.07, 6.45) is 0. The van der Waals surface area contributed by atoms with E-state index >= 15 is 0 Å². The summed E-state index contributed by atoms with van der Waals surface area (Å²) in [5.41, 5.74) is 0.316. The van der Waals surface area contributed by atoms with Gasteiger partial charge < -0.3 is 14.6 Å². The van der Waals surface area contributed by atoms with Crippen LogP contribution in [0.3, 0.4) is 0 Å². The van der Waals surface area contributed by atoms with Crippen molar-refractivity contribution in [3.63, 3.8) is 0 Å². The number of urea groups is 1. The van der Waals surface area contributed by atoms with E-state index < -0.39 is 30.0 Å². The molecule has 1 N–H and O–H groups in total. The van der Waals surface area contributed by atoms with Crippen LogP contribution in [-0.2, 0) is 20.9 Å². The molecule has 8 nitrogen and oxygen atoms in total. The number of rotatable bonds is 4. The van der Waals surface area contributed by atoms with E-state index in [9.17, 15) is 14.4 Å². The van der Waals surface area contributed by atoms with Gasteiger partial charge in [-0.3, -0.25) is 14.5 Å². The summed E-state index contributed by atoms with van der Waals surface area (Å²) in [5.74, 6) is -0.561. The molecule has 0 aliphatic carbocycles. The number of carbonyl (C=O) groups excluding carboxylic acids is 3. The second-order valence-corrected chi connectivity index (χ2v) is 5.41. The fraction of sp³-hybridized carbons (Fsp3) is 0.538. The number of ether oxygens (including phenoxy) is 1. The van der Waals surface area contributed by atoms with Crippen LogP contribution in [-0.4, -0.2) is 40.0 Å². The van der Waals surface area contributed by atoms with Crippen molar-refractivity contribution in [3.05, 3.63) is 17.0 Å². The van der Waals surface area contributed by atoms with Gasteiger partial charge in [-0.15, -0.1) is 0 Å². The Morgan fingerprint density at radius 2 is 2.05 bits per heavy atom. The van der Waals surface area contributed by atoms with Crippen LogP contribution in [0.4, 0.5) is 4.79 Å². The number of aromatic nitrogens is 1. The van der Waals surface area contributed by atoms with Gasteiger partial charge in [-0.2, -0.15) is 0 Å². The van der Waals surface area contributed by atoms with E-state index in [4.69, 9.17) is 9.26 Å². The van der Waals surface area contributed by atoms with Gasteiger partial charge in [0.2, 0.25) is 0 Å². The normalized spacial score (nSPS) is 17.0. The number of imide groups is 1. The summed E-state index contributed by atoms with van der Waals surface area (Å²) < 4.78 is 10.0. The third kappa shape index (κ3) is 2.88. The summed E-state index contributed by atoms with van der Waals surface area (Å²) in [4.78, 5) is 36.2. The Balaban J connectivity index is 1.94. The average molecular weight is 295 g/mol. The van der Waals surface area contributed by atoms with Crippen molar-refractivity contribution in [2.45, 2.75) is 39.8 Å². The van der Waals surface area contributed by atoms with E-state index in [1.807, 2.05) is 0 Å². The summed E-state index contributed by atoms with van der Waals surface area (Å²) >= 11 is 0. The highest BCUT2D eigenvalue weighted by Gasteiger charge is 2.45. The SMILES string of the molecule is Cc1noc(C)c1COC(=O)CN1C(=O)NC(C)(C)C1=O. The fourth-order valence-electron chi connectivity index (χ4n) is 2.00. The predicted molar refractivity (Wildman–Crippen MR) is 70.1 cm³/mol. The zero-order chi connectivity index (χ0) is 15.8. The minimum absolute atomic E-state index is 0.00690. The van der Waals surface area contributed by atoms with E-state index in [1.165, 1.54) is 0 Å². The van der Waals surface area contributed by atoms with Gasteiger partial charge in [0.1, 0.15) is 24.5 Å². The minimum Gasteiger partial charge on any atom is -0.459 e. The Bertz CT molecular complexity index is 585. The van der Waals surface area contributed by atoms with Crippen molar-refractivity contribution in [1.82, 2.24) is 15.4 Å². The van der Waals surface area contributed by atoms with Gasteiger partial charge >= 0.3 is 12.0 Å². The molecule has 3 amide bonds. The number of nitrogens with one attached hydrogen (secondary N) is 1. The van der Waals surface area contributed by atoms with Crippen LogP contribution in [0, 0.1) is 13.8 Å². The van der Waals surface area contributed by atoms with Gasteiger partial charge in [-0.25, -0.2) is 4.79 Å². The second-order valence-electron chi connectivity index (χ2n) is 5.41. The number of aryl methyl sites for hydroxylation is 2. The van der Waals surface area contributed by atoms with Crippen LogP contribution in [0.1, 0.15) is 30.9 Å². The van der Waals surface area contributed by atoms with Crippen molar-refractivity contribution in [1.29, 1.82) is 0 Å². The molecule has 0 saturated carbocycles. The Kier molecular flexibility index (Phi) is 3.71. The first kappa shape index (κ1) is 15.0. The number of esters is 1. The Labute approximate surface area is 121 Å². The van der Waals surface area contributed by atoms with E-state index in [0.717, 1.165) is 4.90 Å². The number of carbonyl (C=O) groups is 3. The molecular weight excluding hydrogens is 278 g/mol. The van der Waals surface area contributed by atoms with Crippen LogP contribution in [0.5, 0.6) is 0 Å². The average Bonchev–Trinajstić information content (AvgIpc) is 2.79. The maximum Gasteiger partial charge on any atom is 0.326 e. The molecule has 1 fully saturated rings. The molecule has 2 heterocycles. The number of hydrogen-bond donors (Lipinski definition) is 1. The number of amides is 3.